The number of methoxy groups -OCH3 is 1. The minimum Gasteiger partial charge on any atom is -0.390 e. The van der Waals surface area contributed by atoms with Crippen molar-refractivity contribution in [3.8, 4) is 11.5 Å². The zero-order valence-electron chi connectivity index (χ0n) is 11.5. The molecule has 3 rings (SSSR count). The summed E-state index contributed by atoms with van der Waals surface area (Å²) in [5, 5.41) is 4.78. The number of aryl methyl sites for hydroxylation is 1. The van der Waals surface area contributed by atoms with E-state index in [-0.39, 0.29) is 0 Å². The van der Waals surface area contributed by atoms with E-state index >= 15 is 0 Å². The smallest absolute Gasteiger partial charge is 0.261 e. The fourth-order valence-corrected chi connectivity index (χ4v) is 3.22. The molecule has 2 N–H and O–H groups in total. The third-order valence-electron chi connectivity index (χ3n) is 3.64. The summed E-state index contributed by atoms with van der Waals surface area (Å²) in [4.78, 5) is 5.61. The number of thiophene rings is 1. The van der Waals surface area contributed by atoms with Gasteiger partial charge in [0.05, 0.1) is 10.6 Å². The molecule has 1 fully saturated rings. The number of nitrogens with two attached hydrogens (primary N) is 1. The van der Waals surface area contributed by atoms with Crippen molar-refractivity contribution in [3.05, 3.63) is 16.8 Å². The van der Waals surface area contributed by atoms with Crippen LogP contribution >= 0.6 is 11.3 Å². The van der Waals surface area contributed by atoms with Gasteiger partial charge in [-0.3, -0.25) is 0 Å². The van der Waals surface area contributed by atoms with Crippen LogP contribution in [0.4, 0.5) is 5.00 Å². The molecule has 0 aliphatic carbocycles. The summed E-state index contributed by atoms with van der Waals surface area (Å²) in [6.07, 6.45) is 1.45. The Hall–Kier alpha value is -1.44. The van der Waals surface area contributed by atoms with Crippen molar-refractivity contribution in [2.45, 2.75) is 25.4 Å². The Morgan fingerprint density at radius 1 is 1.40 bits per heavy atom. The van der Waals surface area contributed by atoms with Crippen LogP contribution in [0, 0.1) is 6.92 Å². The van der Waals surface area contributed by atoms with E-state index in [2.05, 4.69) is 10.1 Å². The van der Waals surface area contributed by atoms with Crippen molar-refractivity contribution in [3.63, 3.8) is 0 Å². The Labute approximate surface area is 120 Å². The van der Waals surface area contributed by atoms with Gasteiger partial charge in [-0.25, -0.2) is 0 Å². The van der Waals surface area contributed by atoms with E-state index in [1.165, 1.54) is 11.3 Å². The lowest BCUT2D eigenvalue weighted by molar-refractivity contribution is -0.101. The average Bonchev–Trinajstić information content (AvgIpc) is 3.06. The quantitative estimate of drug-likeness (QED) is 0.935. The normalized spacial score (nSPS) is 18.3. The maximum atomic E-state index is 5.97. The molecule has 1 aliphatic rings. The zero-order chi connectivity index (χ0) is 14.2. The van der Waals surface area contributed by atoms with Gasteiger partial charge in [0.2, 0.25) is 5.82 Å². The molecular weight excluding hydrogens is 278 g/mol. The van der Waals surface area contributed by atoms with Crippen LogP contribution in [0.1, 0.15) is 23.5 Å². The van der Waals surface area contributed by atoms with Crippen LogP contribution in [0.2, 0.25) is 0 Å². The maximum absolute atomic E-state index is 5.97. The lowest BCUT2D eigenvalue weighted by atomic mass is 9.93. The molecule has 0 amide bonds. The van der Waals surface area contributed by atoms with Crippen LogP contribution in [0.5, 0.6) is 0 Å². The minimum absolute atomic E-state index is 0.449. The van der Waals surface area contributed by atoms with Crippen molar-refractivity contribution in [1.29, 1.82) is 0 Å². The third kappa shape index (κ3) is 2.21. The van der Waals surface area contributed by atoms with Crippen molar-refractivity contribution < 1.29 is 14.0 Å². The molecule has 0 aromatic carbocycles. The van der Waals surface area contributed by atoms with E-state index < -0.39 is 5.60 Å². The molecule has 1 saturated heterocycles. The highest BCUT2D eigenvalue weighted by molar-refractivity contribution is 7.16. The molecule has 108 valence electrons. The van der Waals surface area contributed by atoms with Gasteiger partial charge in [0, 0.05) is 38.0 Å². The molecule has 1 aliphatic heterocycles. The van der Waals surface area contributed by atoms with Gasteiger partial charge < -0.3 is 19.7 Å². The van der Waals surface area contributed by atoms with Crippen LogP contribution in [-0.4, -0.2) is 30.5 Å². The number of nitrogen functional groups attached to an aromatic ring is 1. The molecule has 0 spiro atoms. The molecule has 0 saturated carbocycles. The third-order valence-corrected chi connectivity index (χ3v) is 4.52. The maximum Gasteiger partial charge on any atom is 0.261 e. The molecule has 0 unspecified atom stereocenters. The fourth-order valence-electron chi connectivity index (χ4n) is 2.44. The van der Waals surface area contributed by atoms with Gasteiger partial charge in [-0.05, 0) is 13.0 Å². The van der Waals surface area contributed by atoms with E-state index in [9.17, 15) is 0 Å². The van der Waals surface area contributed by atoms with Crippen molar-refractivity contribution in [1.82, 2.24) is 10.1 Å². The monoisotopic (exact) mass is 295 g/mol. The molecule has 2 aromatic rings. The fraction of sp³-hybridized carbons (Fsp3) is 0.538. The van der Waals surface area contributed by atoms with Gasteiger partial charge in [-0.15, -0.1) is 11.3 Å². The predicted molar refractivity (Wildman–Crippen MR) is 75.5 cm³/mol. The Morgan fingerprint density at radius 3 is 2.75 bits per heavy atom. The van der Waals surface area contributed by atoms with Gasteiger partial charge in [0.25, 0.3) is 5.89 Å². The second-order valence-electron chi connectivity index (χ2n) is 4.87. The second kappa shape index (κ2) is 5.16. The first-order chi connectivity index (χ1) is 9.64. The van der Waals surface area contributed by atoms with E-state index in [1.807, 2.05) is 13.0 Å². The van der Waals surface area contributed by atoms with Gasteiger partial charge in [-0.2, -0.15) is 4.98 Å². The Kier molecular flexibility index (Phi) is 3.49. The molecule has 7 heteroatoms. The lowest BCUT2D eigenvalue weighted by Crippen LogP contribution is -2.36. The minimum atomic E-state index is -0.514. The first-order valence-electron chi connectivity index (χ1n) is 6.48. The molecular formula is C13H17N3O3S. The zero-order valence-corrected chi connectivity index (χ0v) is 12.3. The molecule has 20 heavy (non-hydrogen) atoms. The molecule has 0 radical (unpaired) electrons. The number of ether oxygens (including phenoxy) is 2. The van der Waals surface area contributed by atoms with Crippen molar-refractivity contribution in [2.24, 2.45) is 0 Å². The summed E-state index contributed by atoms with van der Waals surface area (Å²) in [5.74, 6) is 1.02. The Morgan fingerprint density at radius 2 is 2.15 bits per heavy atom. The highest BCUT2D eigenvalue weighted by Gasteiger charge is 2.39. The van der Waals surface area contributed by atoms with Crippen molar-refractivity contribution in [2.75, 3.05) is 26.1 Å². The number of hydrogen-bond acceptors (Lipinski definition) is 7. The number of aromatic nitrogens is 2. The first-order valence-corrected chi connectivity index (χ1v) is 7.30. The molecule has 3 heterocycles. The van der Waals surface area contributed by atoms with Gasteiger partial charge in [0.1, 0.15) is 5.60 Å². The summed E-state index contributed by atoms with van der Waals surface area (Å²) in [5.41, 5.74) is 6.25. The number of nitrogens with zero attached hydrogens (tertiary/aromatic N) is 2. The standard InChI is InChI=1S/C13H17N3O3S/c1-8-7-9(10(14)20-8)11-15-12(16-19-11)13(17-2)3-5-18-6-4-13/h7H,3-6,14H2,1-2H3. The van der Waals surface area contributed by atoms with Crippen LogP contribution in [-0.2, 0) is 15.1 Å². The van der Waals surface area contributed by atoms with Crippen LogP contribution in [0.15, 0.2) is 10.6 Å². The lowest BCUT2D eigenvalue weighted by Gasteiger charge is -2.32. The molecule has 6 nitrogen and oxygen atoms in total. The van der Waals surface area contributed by atoms with Crippen LogP contribution < -0.4 is 5.73 Å². The number of anilines is 1. The van der Waals surface area contributed by atoms with E-state index in [0.29, 0.717) is 29.9 Å². The Bertz CT molecular complexity index is 602. The van der Waals surface area contributed by atoms with E-state index in [4.69, 9.17) is 19.7 Å². The van der Waals surface area contributed by atoms with E-state index in [1.54, 1.807) is 7.11 Å². The van der Waals surface area contributed by atoms with Gasteiger partial charge >= 0.3 is 0 Å². The largest absolute Gasteiger partial charge is 0.390 e. The van der Waals surface area contributed by atoms with E-state index in [0.717, 1.165) is 23.3 Å². The van der Waals surface area contributed by atoms with Crippen LogP contribution in [0.25, 0.3) is 11.5 Å². The highest BCUT2D eigenvalue weighted by atomic mass is 32.1. The summed E-state index contributed by atoms with van der Waals surface area (Å²) in [6.45, 7) is 3.27. The molecule has 2 aromatic heterocycles. The average molecular weight is 295 g/mol. The first kappa shape index (κ1) is 13.5. The Balaban J connectivity index is 1.95. The van der Waals surface area contributed by atoms with Gasteiger partial charge in [0.15, 0.2) is 0 Å². The molecule has 0 bridgehead atoms. The number of hydrogen-bond donors (Lipinski definition) is 1. The predicted octanol–water partition coefficient (Wildman–Crippen LogP) is 2.34. The molecule has 0 atom stereocenters. The summed E-state index contributed by atoms with van der Waals surface area (Å²) < 4.78 is 16.4. The number of rotatable bonds is 3. The second-order valence-corrected chi connectivity index (χ2v) is 6.16. The van der Waals surface area contributed by atoms with Crippen molar-refractivity contribution >= 4 is 16.3 Å². The van der Waals surface area contributed by atoms with Crippen LogP contribution in [0.3, 0.4) is 0 Å². The topological polar surface area (TPSA) is 83.4 Å². The summed E-state index contributed by atoms with van der Waals surface area (Å²) in [6, 6.07) is 1.96. The van der Waals surface area contributed by atoms with Gasteiger partial charge in [-0.1, -0.05) is 5.16 Å². The summed E-state index contributed by atoms with van der Waals surface area (Å²) in [7, 11) is 1.67. The SMILES string of the molecule is COC1(c2noc(-c3cc(C)sc3N)n2)CCOCC1. The highest BCUT2D eigenvalue weighted by Crippen LogP contribution is 2.37. The summed E-state index contributed by atoms with van der Waals surface area (Å²) >= 11 is 1.51.